The molecule has 0 atom stereocenters. The lowest BCUT2D eigenvalue weighted by atomic mass is 10.2. The second-order valence-corrected chi connectivity index (χ2v) is 7.55. The van der Waals surface area contributed by atoms with Gasteiger partial charge in [0.1, 0.15) is 5.75 Å². The SMILES string of the molecule is CCN(CC)c1ccc(NC(=O)c2ccn(COc3ccc(Cl)cc3Br)n2)cc1. The Hall–Kier alpha value is -2.51. The summed E-state index contributed by atoms with van der Waals surface area (Å²) >= 11 is 9.33. The molecule has 3 aromatic rings. The van der Waals surface area contributed by atoms with Crippen LogP contribution in [-0.2, 0) is 6.73 Å². The van der Waals surface area contributed by atoms with Crippen LogP contribution in [0.3, 0.4) is 0 Å². The normalized spacial score (nSPS) is 10.6. The van der Waals surface area contributed by atoms with Crippen molar-refractivity contribution >= 4 is 44.8 Å². The summed E-state index contributed by atoms with van der Waals surface area (Å²) in [5.74, 6) is 0.371. The molecule has 0 fully saturated rings. The number of anilines is 2. The van der Waals surface area contributed by atoms with E-state index < -0.39 is 0 Å². The molecule has 0 unspecified atom stereocenters. The minimum Gasteiger partial charge on any atom is -0.470 e. The number of carbonyl (C=O) groups is 1. The van der Waals surface area contributed by atoms with Gasteiger partial charge >= 0.3 is 0 Å². The second kappa shape index (κ2) is 9.80. The van der Waals surface area contributed by atoms with Gasteiger partial charge in [0.25, 0.3) is 5.91 Å². The van der Waals surface area contributed by atoms with E-state index in [1.807, 2.05) is 24.3 Å². The van der Waals surface area contributed by atoms with Crippen molar-refractivity contribution in [1.82, 2.24) is 9.78 Å². The van der Waals surface area contributed by atoms with Gasteiger partial charge in [0, 0.05) is 35.7 Å². The van der Waals surface area contributed by atoms with Gasteiger partial charge in [-0.2, -0.15) is 5.10 Å². The molecular formula is C21H22BrClN4O2. The van der Waals surface area contributed by atoms with Gasteiger partial charge in [-0.05, 0) is 78.3 Å². The number of nitrogens with one attached hydrogen (secondary N) is 1. The van der Waals surface area contributed by atoms with E-state index in [2.05, 4.69) is 45.1 Å². The molecule has 29 heavy (non-hydrogen) atoms. The summed E-state index contributed by atoms with van der Waals surface area (Å²) in [6.07, 6.45) is 1.70. The number of carbonyl (C=O) groups excluding carboxylic acids is 1. The predicted octanol–water partition coefficient (Wildman–Crippen LogP) is 5.43. The zero-order chi connectivity index (χ0) is 20.8. The predicted molar refractivity (Wildman–Crippen MR) is 120 cm³/mol. The Labute approximate surface area is 183 Å². The standard InChI is InChI=1S/C21H22BrClN4O2/c1-3-26(4-2)17-8-6-16(7-9-17)24-21(28)19-11-12-27(25-19)14-29-20-10-5-15(23)13-18(20)22/h5-13H,3-4,14H2,1-2H3,(H,24,28). The van der Waals surface area contributed by atoms with Gasteiger partial charge < -0.3 is 15.0 Å². The first-order chi connectivity index (χ1) is 14.0. The molecule has 6 nitrogen and oxygen atoms in total. The molecule has 0 spiro atoms. The van der Waals surface area contributed by atoms with Crippen molar-refractivity contribution < 1.29 is 9.53 Å². The largest absolute Gasteiger partial charge is 0.470 e. The van der Waals surface area contributed by atoms with E-state index in [1.54, 1.807) is 35.1 Å². The Morgan fingerprint density at radius 3 is 2.55 bits per heavy atom. The number of hydrogen-bond donors (Lipinski definition) is 1. The first kappa shape index (κ1) is 21.2. The van der Waals surface area contributed by atoms with E-state index in [0.717, 1.165) is 28.9 Å². The Morgan fingerprint density at radius 1 is 1.17 bits per heavy atom. The van der Waals surface area contributed by atoms with Crippen molar-refractivity contribution in [1.29, 1.82) is 0 Å². The maximum absolute atomic E-state index is 12.5. The lowest BCUT2D eigenvalue weighted by Gasteiger charge is -2.21. The molecule has 0 saturated heterocycles. The monoisotopic (exact) mass is 476 g/mol. The van der Waals surface area contributed by atoms with Crippen LogP contribution in [0, 0.1) is 0 Å². The molecule has 2 aromatic carbocycles. The zero-order valence-corrected chi connectivity index (χ0v) is 18.6. The van der Waals surface area contributed by atoms with E-state index in [4.69, 9.17) is 16.3 Å². The van der Waals surface area contributed by atoms with Crippen LogP contribution in [0.25, 0.3) is 0 Å². The molecule has 0 radical (unpaired) electrons. The smallest absolute Gasteiger partial charge is 0.276 e. The highest BCUT2D eigenvalue weighted by Crippen LogP contribution is 2.28. The van der Waals surface area contributed by atoms with Crippen molar-refractivity contribution in [3.8, 4) is 5.75 Å². The molecule has 0 aliphatic carbocycles. The van der Waals surface area contributed by atoms with Gasteiger partial charge in [0.15, 0.2) is 12.4 Å². The van der Waals surface area contributed by atoms with E-state index >= 15 is 0 Å². The highest BCUT2D eigenvalue weighted by Gasteiger charge is 2.11. The third kappa shape index (κ3) is 5.52. The Bertz CT molecular complexity index is 971. The topological polar surface area (TPSA) is 59.4 Å². The van der Waals surface area contributed by atoms with Crippen molar-refractivity contribution in [2.75, 3.05) is 23.3 Å². The van der Waals surface area contributed by atoms with Crippen LogP contribution in [0.1, 0.15) is 24.3 Å². The summed E-state index contributed by atoms with van der Waals surface area (Å²) in [6.45, 7) is 6.28. The average molecular weight is 478 g/mol. The summed E-state index contributed by atoms with van der Waals surface area (Å²) in [4.78, 5) is 14.7. The summed E-state index contributed by atoms with van der Waals surface area (Å²) in [7, 11) is 0. The Kier molecular flexibility index (Phi) is 7.17. The van der Waals surface area contributed by atoms with E-state index in [9.17, 15) is 4.79 Å². The molecule has 0 aliphatic rings. The second-order valence-electron chi connectivity index (χ2n) is 6.26. The van der Waals surface area contributed by atoms with E-state index in [0.29, 0.717) is 16.5 Å². The maximum atomic E-state index is 12.5. The highest BCUT2D eigenvalue weighted by molar-refractivity contribution is 9.10. The Morgan fingerprint density at radius 2 is 1.90 bits per heavy atom. The van der Waals surface area contributed by atoms with Gasteiger partial charge in [-0.1, -0.05) is 11.6 Å². The first-order valence-corrected chi connectivity index (χ1v) is 10.4. The van der Waals surface area contributed by atoms with Gasteiger partial charge in [0.05, 0.1) is 4.47 Å². The molecule has 1 N–H and O–H groups in total. The number of aromatic nitrogens is 2. The molecule has 1 amide bonds. The molecule has 1 aromatic heterocycles. The first-order valence-electron chi connectivity index (χ1n) is 9.27. The van der Waals surface area contributed by atoms with Crippen molar-refractivity contribution in [2.45, 2.75) is 20.6 Å². The van der Waals surface area contributed by atoms with Gasteiger partial charge in [0.2, 0.25) is 0 Å². The molecule has 0 aliphatic heterocycles. The fourth-order valence-corrected chi connectivity index (χ4v) is 3.62. The van der Waals surface area contributed by atoms with E-state index in [1.165, 1.54) is 0 Å². The molecule has 0 bridgehead atoms. The number of amides is 1. The molecule has 3 rings (SSSR count). The summed E-state index contributed by atoms with van der Waals surface area (Å²) in [5, 5.41) is 7.76. The number of halogens is 2. The average Bonchev–Trinajstić information content (AvgIpc) is 3.19. The fourth-order valence-electron chi connectivity index (χ4n) is 2.82. The molecule has 1 heterocycles. The van der Waals surface area contributed by atoms with Gasteiger partial charge in [-0.3, -0.25) is 4.79 Å². The van der Waals surface area contributed by atoms with Crippen LogP contribution in [0.2, 0.25) is 5.02 Å². The van der Waals surface area contributed by atoms with Gasteiger partial charge in [-0.15, -0.1) is 0 Å². The maximum Gasteiger partial charge on any atom is 0.276 e. The van der Waals surface area contributed by atoms with Crippen molar-refractivity contribution in [2.24, 2.45) is 0 Å². The number of nitrogens with zero attached hydrogens (tertiary/aromatic N) is 3. The summed E-state index contributed by atoms with van der Waals surface area (Å²) < 4.78 is 8.01. The lowest BCUT2D eigenvalue weighted by molar-refractivity contribution is 0.102. The molecule has 152 valence electrons. The minimum absolute atomic E-state index is 0.173. The van der Waals surface area contributed by atoms with Gasteiger partial charge in [-0.25, -0.2) is 4.68 Å². The van der Waals surface area contributed by atoms with Crippen LogP contribution in [0.4, 0.5) is 11.4 Å². The fraction of sp³-hybridized carbons (Fsp3) is 0.238. The quantitative estimate of drug-likeness (QED) is 0.470. The third-order valence-corrected chi connectivity index (χ3v) is 5.23. The van der Waals surface area contributed by atoms with Crippen molar-refractivity contribution in [3.63, 3.8) is 0 Å². The molecule has 0 saturated carbocycles. The van der Waals surface area contributed by atoms with Crippen LogP contribution in [-0.4, -0.2) is 28.8 Å². The van der Waals surface area contributed by atoms with Crippen LogP contribution in [0.15, 0.2) is 59.2 Å². The number of hydrogen-bond acceptors (Lipinski definition) is 4. The minimum atomic E-state index is -0.271. The molecular weight excluding hydrogens is 456 g/mol. The molecule has 8 heteroatoms. The van der Waals surface area contributed by atoms with Crippen LogP contribution in [0.5, 0.6) is 5.75 Å². The zero-order valence-electron chi connectivity index (χ0n) is 16.2. The summed E-state index contributed by atoms with van der Waals surface area (Å²) in [6, 6.07) is 14.7. The highest BCUT2D eigenvalue weighted by atomic mass is 79.9. The Balaban J connectivity index is 1.59. The van der Waals surface area contributed by atoms with E-state index in [-0.39, 0.29) is 12.6 Å². The number of benzene rings is 2. The van der Waals surface area contributed by atoms with Crippen LogP contribution >= 0.6 is 27.5 Å². The lowest BCUT2D eigenvalue weighted by Crippen LogP contribution is -2.21. The van der Waals surface area contributed by atoms with Crippen molar-refractivity contribution in [3.05, 3.63) is 69.9 Å². The summed E-state index contributed by atoms with van der Waals surface area (Å²) in [5.41, 5.74) is 2.17. The van der Waals surface area contributed by atoms with Crippen LogP contribution < -0.4 is 15.0 Å². The number of ether oxygens (including phenoxy) is 1. The number of rotatable bonds is 8. The third-order valence-electron chi connectivity index (χ3n) is 4.37.